The third-order valence-corrected chi connectivity index (χ3v) is 6.42. The van der Waals surface area contributed by atoms with Gasteiger partial charge in [-0.2, -0.15) is 0 Å². The summed E-state index contributed by atoms with van der Waals surface area (Å²) in [5.74, 6) is -1.62. The fraction of sp³-hybridized carbons (Fsp3) is 0.310. The molecule has 0 fully saturated rings. The first-order valence-corrected chi connectivity index (χ1v) is 13.0. The van der Waals surface area contributed by atoms with Crippen molar-refractivity contribution in [3.63, 3.8) is 0 Å². The summed E-state index contributed by atoms with van der Waals surface area (Å²) < 4.78 is 5.85. The zero-order chi connectivity index (χ0) is 28.3. The molecule has 0 spiro atoms. The van der Waals surface area contributed by atoms with Gasteiger partial charge >= 0.3 is 0 Å². The van der Waals surface area contributed by atoms with E-state index < -0.39 is 29.8 Å². The van der Waals surface area contributed by atoms with Crippen molar-refractivity contribution in [1.82, 2.24) is 30.8 Å². The van der Waals surface area contributed by atoms with Gasteiger partial charge in [0.15, 0.2) is 0 Å². The summed E-state index contributed by atoms with van der Waals surface area (Å²) >= 11 is 0. The summed E-state index contributed by atoms with van der Waals surface area (Å²) in [6.07, 6.45) is 5.03. The molecule has 3 N–H and O–H groups in total. The zero-order valence-electron chi connectivity index (χ0n) is 22.2. The van der Waals surface area contributed by atoms with Crippen molar-refractivity contribution >= 4 is 23.6 Å². The van der Waals surface area contributed by atoms with E-state index in [4.69, 9.17) is 4.74 Å². The first-order valence-electron chi connectivity index (χ1n) is 13.0. The van der Waals surface area contributed by atoms with Gasteiger partial charge in [-0.15, -0.1) is 0 Å². The normalized spacial score (nSPS) is 18.4. The molecule has 1 aliphatic rings. The number of amides is 4. The Kier molecular flexibility index (Phi) is 9.76. The van der Waals surface area contributed by atoms with E-state index >= 15 is 0 Å². The van der Waals surface area contributed by atoms with Gasteiger partial charge in [0.25, 0.3) is 5.91 Å². The third-order valence-electron chi connectivity index (χ3n) is 6.42. The molecule has 11 heteroatoms. The highest BCUT2D eigenvalue weighted by Crippen LogP contribution is 2.19. The largest absolute Gasteiger partial charge is 0.491 e. The fourth-order valence-electron chi connectivity index (χ4n) is 4.28. The van der Waals surface area contributed by atoms with Gasteiger partial charge in [-0.3, -0.25) is 29.1 Å². The Morgan fingerprint density at radius 3 is 2.60 bits per heavy atom. The molecule has 4 rings (SSSR count). The van der Waals surface area contributed by atoms with Gasteiger partial charge in [-0.25, -0.2) is 0 Å². The molecule has 0 saturated carbocycles. The topological polar surface area (TPSA) is 143 Å². The van der Waals surface area contributed by atoms with Crippen molar-refractivity contribution in [1.29, 1.82) is 0 Å². The second-order valence-electron chi connectivity index (χ2n) is 9.38. The third kappa shape index (κ3) is 7.85. The number of fused-ring (bicyclic) bond motifs is 1. The summed E-state index contributed by atoms with van der Waals surface area (Å²) in [6.45, 7) is 0.600. The molecule has 1 aromatic heterocycles. The molecule has 0 saturated heterocycles. The minimum absolute atomic E-state index is 0.130. The van der Waals surface area contributed by atoms with Gasteiger partial charge in [0, 0.05) is 45.0 Å². The maximum absolute atomic E-state index is 13.3. The van der Waals surface area contributed by atoms with Crippen LogP contribution in [0.1, 0.15) is 28.0 Å². The second-order valence-corrected chi connectivity index (χ2v) is 9.38. The van der Waals surface area contributed by atoms with Crippen molar-refractivity contribution in [2.45, 2.75) is 31.3 Å². The van der Waals surface area contributed by atoms with Crippen molar-refractivity contribution in [3.05, 3.63) is 90.0 Å². The molecule has 11 nitrogen and oxygen atoms in total. The quantitative estimate of drug-likeness (QED) is 0.419. The van der Waals surface area contributed by atoms with Crippen molar-refractivity contribution < 1.29 is 23.9 Å². The van der Waals surface area contributed by atoms with Gasteiger partial charge < -0.3 is 25.6 Å². The van der Waals surface area contributed by atoms with Crippen LogP contribution < -0.4 is 20.7 Å². The Morgan fingerprint density at radius 1 is 1.05 bits per heavy atom. The van der Waals surface area contributed by atoms with Crippen LogP contribution in [0.5, 0.6) is 5.75 Å². The standard InChI is InChI=1S/C29H32N6O5/c1-35-15-16-40-25-10-6-5-9-22(25)27(37)34-23(28(38)32-12-11-21-19-30-13-14-31-21)18-26(36)33-24(29(35)39)17-20-7-3-2-4-8-20/h2-10,13-14,19,23-24H,11-12,15-18H2,1H3,(H,32,38)(H,33,36)(H,34,37)/t23-,24-/m0/s1. The highest BCUT2D eigenvalue weighted by atomic mass is 16.5. The summed E-state index contributed by atoms with van der Waals surface area (Å²) in [5, 5.41) is 8.21. The molecular formula is C29H32N6O5. The van der Waals surface area contributed by atoms with Gasteiger partial charge in [-0.05, 0) is 17.7 Å². The number of nitrogens with one attached hydrogen (secondary N) is 3. The summed E-state index contributed by atoms with van der Waals surface area (Å²) in [6, 6.07) is 13.9. The Morgan fingerprint density at radius 2 is 1.82 bits per heavy atom. The number of hydrogen-bond donors (Lipinski definition) is 3. The molecule has 0 radical (unpaired) electrons. The van der Waals surface area contributed by atoms with Crippen molar-refractivity contribution in [3.8, 4) is 5.75 Å². The minimum atomic E-state index is -1.20. The lowest BCUT2D eigenvalue weighted by molar-refractivity contribution is -0.136. The van der Waals surface area contributed by atoms with Crippen LogP contribution in [-0.2, 0) is 27.2 Å². The number of likely N-dealkylation sites (N-methyl/N-ethyl adjacent to an activating group) is 1. The van der Waals surface area contributed by atoms with Crippen LogP contribution in [0.15, 0.2) is 73.2 Å². The lowest BCUT2D eigenvalue weighted by Gasteiger charge is -2.26. The Bertz CT molecular complexity index is 1320. The van der Waals surface area contributed by atoms with Crippen molar-refractivity contribution in [2.75, 3.05) is 26.7 Å². The average Bonchev–Trinajstić information content (AvgIpc) is 2.97. The molecule has 2 aromatic carbocycles. The first-order chi connectivity index (χ1) is 19.4. The van der Waals surface area contributed by atoms with Crippen LogP contribution >= 0.6 is 0 Å². The summed E-state index contributed by atoms with van der Waals surface area (Å²) in [7, 11) is 1.63. The Labute approximate surface area is 232 Å². The lowest BCUT2D eigenvalue weighted by atomic mass is 10.0. The fourth-order valence-corrected chi connectivity index (χ4v) is 4.28. The van der Waals surface area contributed by atoms with E-state index in [0.717, 1.165) is 5.56 Å². The molecule has 2 heterocycles. The Hall–Kier alpha value is -4.80. The number of rotatable bonds is 6. The Balaban J connectivity index is 1.56. The SMILES string of the molecule is CN1CCOc2ccccc2C(=O)N[C@H](C(=O)NCCc2cnccn2)CC(=O)N[C@@H](Cc2ccccc2)C1=O. The van der Waals surface area contributed by atoms with Gasteiger partial charge in [0.2, 0.25) is 17.7 Å². The number of para-hydroxylation sites is 1. The molecule has 0 aliphatic carbocycles. The van der Waals surface area contributed by atoms with Crippen LogP contribution in [0.2, 0.25) is 0 Å². The molecule has 3 aromatic rings. The molecule has 40 heavy (non-hydrogen) atoms. The van der Waals surface area contributed by atoms with Crippen LogP contribution in [0.4, 0.5) is 0 Å². The summed E-state index contributed by atoms with van der Waals surface area (Å²) in [4.78, 5) is 62.6. The van der Waals surface area contributed by atoms with E-state index in [-0.39, 0.29) is 44.0 Å². The van der Waals surface area contributed by atoms with E-state index in [1.807, 2.05) is 30.3 Å². The number of carbonyl (C=O) groups is 4. The van der Waals surface area contributed by atoms with E-state index in [2.05, 4.69) is 25.9 Å². The van der Waals surface area contributed by atoms with Crippen molar-refractivity contribution in [2.24, 2.45) is 0 Å². The van der Waals surface area contributed by atoms with E-state index in [1.165, 1.54) is 4.90 Å². The van der Waals surface area contributed by atoms with Crippen LogP contribution in [0.3, 0.4) is 0 Å². The van der Waals surface area contributed by atoms with Crippen LogP contribution in [-0.4, -0.2) is 77.3 Å². The number of carbonyl (C=O) groups excluding carboxylic acids is 4. The molecule has 0 unspecified atom stereocenters. The number of hydrogen-bond acceptors (Lipinski definition) is 7. The van der Waals surface area contributed by atoms with Gasteiger partial charge in [0.1, 0.15) is 24.4 Å². The lowest BCUT2D eigenvalue weighted by Crippen LogP contribution is -2.53. The molecule has 2 atom stereocenters. The number of benzene rings is 2. The summed E-state index contributed by atoms with van der Waals surface area (Å²) in [5.41, 5.74) is 1.77. The molecule has 0 bridgehead atoms. The maximum Gasteiger partial charge on any atom is 0.255 e. The smallest absolute Gasteiger partial charge is 0.255 e. The van der Waals surface area contributed by atoms with Crippen LogP contribution in [0.25, 0.3) is 0 Å². The molecule has 208 valence electrons. The van der Waals surface area contributed by atoms with E-state index in [9.17, 15) is 19.2 Å². The number of ether oxygens (including phenoxy) is 1. The second kappa shape index (κ2) is 13.8. The highest BCUT2D eigenvalue weighted by Gasteiger charge is 2.30. The van der Waals surface area contributed by atoms with Crippen LogP contribution in [0, 0.1) is 0 Å². The van der Waals surface area contributed by atoms with E-state index in [1.54, 1.807) is 49.9 Å². The monoisotopic (exact) mass is 544 g/mol. The molecular weight excluding hydrogens is 512 g/mol. The number of aromatic nitrogens is 2. The predicted octanol–water partition coefficient (Wildman–Crippen LogP) is 0.902. The highest BCUT2D eigenvalue weighted by molar-refractivity contribution is 6.01. The average molecular weight is 545 g/mol. The molecule has 1 aliphatic heterocycles. The molecule has 4 amide bonds. The zero-order valence-corrected chi connectivity index (χ0v) is 22.2. The van der Waals surface area contributed by atoms with Gasteiger partial charge in [0.05, 0.1) is 24.2 Å². The first kappa shape index (κ1) is 28.2. The van der Waals surface area contributed by atoms with Gasteiger partial charge in [-0.1, -0.05) is 42.5 Å². The number of nitrogens with zero attached hydrogens (tertiary/aromatic N) is 3. The maximum atomic E-state index is 13.3. The minimum Gasteiger partial charge on any atom is -0.491 e. The van der Waals surface area contributed by atoms with E-state index in [0.29, 0.717) is 17.9 Å². The predicted molar refractivity (Wildman–Crippen MR) is 146 cm³/mol.